The Morgan fingerprint density at radius 1 is 0.929 bits per heavy atom. The lowest BCUT2D eigenvalue weighted by Crippen LogP contribution is -2.22. The average Bonchev–Trinajstić information content (AvgIpc) is 3.29. The van der Waals surface area contributed by atoms with Crippen molar-refractivity contribution in [3.63, 3.8) is 0 Å². The Balaban J connectivity index is 1.86. The van der Waals surface area contributed by atoms with Gasteiger partial charge in [-0.05, 0) is 68.0 Å². The van der Waals surface area contributed by atoms with Gasteiger partial charge in [0, 0.05) is 40.2 Å². The molecule has 0 aliphatic rings. The first kappa shape index (κ1) is 28.9. The molecule has 0 radical (unpaired) electrons. The van der Waals surface area contributed by atoms with E-state index in [1.54, 1.807) is 18.2 Å². The molecule has 216 valence electrons. The summed E-state index contributed by atoms with van der Waals surface area (Å²) in [5.74, 6) is -2.03. The van der Waals surface area contributed by atoms with Crippen LogP contribution in [-0.2, 0) is 4.79 Å². The molecule has 0 bridgehead atoms. The number of aliphatic hydroxyl groups excluding tert-OH is 2. The summed E-state index contributed by atoms with van der Waals surface area (Å²) in [6.07, 6.45) is -0.0311. The second-order valence-electron chi connectivity index (χ2n) is 10.5. The fourth-order valence-electron chi connectivity index (χ4n) is 5.48. The first-order valence-electron chi connectivity index (χ1n) is 13.6. The topological polar surface area (TPSA) is 105 Å². The van der Waals surface area contributed by atoms with Crippen LogP contribution in [0.15, 0.2) is 83.7 Å². The molecule has 2 aromatic heterocycles. The third-order valence-electron chi connectivity index (χ3n) is 7.20. The Morgan fingerprint density at radius 2 is 1.55 bits per heavy atom. The SMILES string of the molecule is CC(C)n1c(/C=C/C(O)CC(O)CC(=O)O)c(-c2ccc(F)cc2)c2c3ccccc3n(-c3ccc(F)cc3)c(=O)c21. The Morgan fingerprint density at radius 3 is 2.17 bits per heavy atom. The smallest absolute Gasteiger partial charge is 0.305 e. The molecule has 2 atom stereocenters. The molecule has 3 aromatic carbocycles. The van der Waals surface area contributed by atoms with Crippen LogP contribution < -0.4 is 5.56 Å². The Bertz CT molecular complexity index is 1860. The number of carboxylic acids is 1. The molecule has 2 unspecified atom stereocenters. The van der Waals surface area contributed by atoms with Gasteiger partial charge in [-0.15, -0.1) is 0 Å². The monoisotopic (exact) mass is 572 g/mol. The summed E-state index contributed by atoms with van der Waals surface area (Å²) >= 11 is 0. The van der Waals surface area contributed by atoms with Gasteiger partial charge in [0.05, 0.1) is 24.1 Å². The third-order valence-corrected chi connectivity index (χ3v) is 7.20. The van der Waals surface area contributed by atoms with E-state index in [0.29, 0.717) is 38.9 Å². The number of carbonyl (C=O) groups is 1. The highest BCUT2D eigenvalue weighted by Gasteiger charge is 2.26. The molecule has 2 heterocycles. The van der Waals surface area contributed by atoms with Crippen molar-refractivity contribution in [3.05, 3.63) is 107 Å². The van der Waals surface area contributed by atoms with E-state index in [-0.39, 0.29) is 18.0 Å². The number of aliphatic hydroxyl groups is 2. The average molecular weight is 573 g/mol. The van der Waals surface area contributed by atoms with E-state index in [1.165, 1.54) is 47.0 Å². The van der Waals surface area contributed by atoms with E-state index in [0.717, 1.165) is 5.39 Å². The Labute approximate surface area is 240 Å². The summed E-state index contributed by atoms with van der Waals surface area (Å²) in [5.41, 5.74) is 2.96. The molecule has 0 amide bonds. The maximum absolute atomic E-state index is 14.4. The summed E-state index contributed by atoms with van der Waals surface area (Å²) in [7, 11) is 0. The summed E-state index contributed by atoms with van der Waals surface area (Å²) < 4.78 is 31.2. The van der Waals surface area contributed by atoms with Crippen LogP contribution in [0.4, 0.5) is 8.78 Å². The van der Waals surface area contributed by atoms with Crippen LogP contribution >= 0.6 is 0 Å². The minimum absolute atomic E-state index is 0.198. The number of halogens is 2. The minimum atomic E-state index is -1.25. The molecule has 0 spiro atoms. The standard InChI is InChI=1S/C33H30F2N2O5/c1-19(2)36-28(16-15-24(38)17-25(39)18-29(40)41)30(20-7-9-21(34)10-8-20)31-26-5-3-4-6-27(26)37(33(42)32(31)36)23-13-11-22(35)12-14-23/h3-16,19,24-25,38-39H,17-18H2,1-2H3,(H,40,41)/b16-15+. The highest BCUT2D eigenvalue weighted by atomic mass is 19.1. The van der Waals surface area contributed by atoms with Crippen LogP contribution in [0.25, 0.3) is 44.7 Å². The minimum Gasteiger partial charge on any atom is -0.481 e. The highest BCUT2D eigenvalue weighted by Crippen LogP contribution is 2.40. The number of hydrogen-bond acceptors (Lipinski definition) is 4. The maximum Gasteiger partial charge on any atom is 0.305 e. The van der Waals surface area contributed by atoms with E-state index >= 15 is 0 Å². The van der Waals surface area contributed by atoms with E-state index in [4.69, 9.17) is 5.11 Å². The Kier molecular flexibility index (Phi) is 8.06. The molecular weight excluding hydrogens is 542 g/mol. The number of fused-ring (bicyclic) bond motifs is 3. The van der Waals surface area contributed by atoms with Crippen molar-refractivity contribution in [2.45, 2.75) is 44.9 Å². The highest BCUT2D eigenvalue weighted by molar-refractivity contribution is 6.15. The van der Waals surface area contributed by atoms with Gasteiger partial charge in [0.1, 0.15) is 17.2 Å². The number of para-hydroxylation sites is 1. The van der Waals surface area contributed by atoms with Crippen LogP contribution in [0, 0.1) is 11.6 Å². The van der Waals surface area contributed by atoms with Crippen molar-refractivity contribution >= 4 is 33.9 Å². The van der Waals surface area contributed by atoms with Gasteiger partial charge in [-0.3, -0.25) is 14.2 Å². The third kappa shape index (κ3) is 5.48. The molecule has 7 nitrogen and oxygen atoms in total. The zero-order chi connectivity index (χ0) is 30.1. The second-order valence-corrected chi connectivity index (χ2v) is 10.5. The van der Waals surface area contributed by atoms with Gasteiger partial charge in [0.2, 0.25) is 0 Å². The maximum atomic E-state index is 14.4. The molecule has 0 aliphatic heterocycles. The van der Waals surface area contributed by atoms with Crippen molar-refractivity contribution in [1.82, 2.24) is 9.13 Å². The quantitative estimate of drug-likeness (QED) is 0.199. The second kappa shape index (κ2) is 11.7. The number of hydrogen-bond donors (Lipinski definition) is 3. The van der Waals surface area contributed by atoms with Gasteiger partial charge >= 0.3 is 5.97 Å². The largest absolute Gasteiger partial charge is 0.481 e. The molecule has 5 rings (SSSR count). The number of aromatic nitrogens is 2. The van der Waals surface area contributed by atoms with Crippen molar-refractivity contribution in [1.29, 1.82) is 0 Å². The van der Waals surface area contributed by atoms with Gasteiger partial charge in [0.25, 0.3) is 5.56 Å². The van der Waals surface area contributed by atoms with Crippen molar-refractivity contribution in [2.24, 2.45) is 0 Å². The number of benzene rings is 3. The molecular formula is C33H30F2N2O5. The van der Waals surface area contributed by atoms with Gasteiger partial charge in [-0.25, -0.2) is 8.78 Å². The summed E-state index contributed by atoms with van der Waals surface area (Å²) in [6.45, 7) is 3.82. The van der Waals surface area contributed by atoms with Crippen LogP contribution in [0.1, 0.15) is 38.4 Å². The van der Waals surface area contributed by atoms with Gasteiger partial charge < -0.3 is 19.9 Å². The first-order chi connectivity index (χ1) is 20.1. The molecule has 0 fully saturated rings. The van der Waals surface area contributed by atoms with Crippen LogP contribution in [0.5, 0.6) is 0 Å². The zero-order valence-corrected chi connectivity index (χ0v) is 23.0. The molecule has 3 N–H and O–H groups in total. The summed E-state index contributed by atoms with van der Waals surface area (Å²) in [5, 5.41) is 31.0. The lowest BCUT2D eigenvalue weighted by Gasteiger charge is -2.16. The number of rotatable bonds is 9. The molecule has 5 aromatic rings. The van der Waals surface area contributed by atoms with E-state index in [9.17, 15) is 28.6 Å². The first-order valence-corrected chi connectivity index (χ1v) is 13.6. The fourth-order valence-corrected chi connectivity index (χ4v) is 5.48. The van der Waals surface area contributed by atoms with E-state index in [1.807, 2.05) is 42.7 Å². The molecule has 0 saturated carbocycles. The number of nitrogens with zero attached hydrogens (tertiary/aromatic N) is 2. The Hall–Kier alpha value is -4.60. The van der Waals surface area contributed by atoms with Crippen molar-refractivity contribution in [3.8, 4) is 16.8 Å². The predicted octanol–water partition coefficient (Wildman–Crippen LogP) is 6.07. The summed E-state index contributed by atoms with van der Waals surface area (Å²) in [6, 6.07) is 18.7. The lowest BCUT2D eigenvalue weighted by atomic mass is 9.98. The number of aliphatic carboxylic acids is 1. The van der Waals surface area contributed by atoms with E-state index in [2.05, 4.69) is 0 Å². The van der Waals surface area contributed by atoms with Crippen LogP contribution in [0.3, 0.4) is 0 Å². The van der Waals surface area contributed by atoms with Crippen LogP contribution in [0.2, 0.25) is 0 Å². The van der Waals surface area contributed by atoms with Crippen molar-refractivity contribution in [2.75, 3.05) is 0 Å². The zero-order valence-electron chi connectivity index (χ0n) is 23.0. The normalized spacial score (nSPS) is 13.4. The van der Waals surface area contributed by atoms with E-state index < -0.39 is 36.2 Å². The van der Waals surface area contributed by atoms with Crippen LogP contribution in [-0.4, -0.2) is 42.6 Å². The molecule has 42 heavy (non-hydrogen) atoms. The fraction of sp³-hybridized carbons (Fsp3) is 0.212. The lowest BCUT2D eigenvalue weighted by molar-refractivity contribution is -0.139. The summed E-state index contributed by atoms with van der Waals surface area (Å²) in [4.78, 5) is 25.4. The molecule has 0 aliphatic carbocycles. The van der Waals surface area contributed by atoms with Gasteiger partial charge in [-0.1, -0.05) is 36.4 Å². The van der Waals surface area contributed by atoms with Crippen molar-refractivity contribution < 1.29 is 28.9 Å². The van der Waals surface area contributed by atoms with Gasteiger partial charge in [-0.2, -0.15) is 0 Å². The predicted molar refractivity (Wildman–Crippen MR) is 159 cm³/mol. The molecule has 9 heteroatoms. The molecule has 0 saturated heterocycles. The number of carboxylic acid groups (broad SMARTS) is 1. The number of pyridine rings is 1. The van der Waals surface area contributed by atoms with Gasteiger partial charge in [0.15, 0.2) is 0 Å².